The van der Waals surface area contributed by atoms with E-state index in [9.17, 15) is 9.90 Å². The van der Waals surface area contributed by atoms with Crippen LogP contribution >= 0.6 is 11.8 Å². The predicted molar refractivity (Wildman–Crippen MR) is 48.3 cm³/mol. The minimum Gasteiger partial charge on any atom is -0.479 e. The van der Waals surface area contributed by atoms with Crippen molar-refractivity contribution in [1.82, 2.24) is 0 Å². The Hall–Kier alpha value is -0.220. The summed E-state index contributed by atoms with van der Waals surface area (Å²) in [5.74, 6) is -0.141. The number of hydrogen-bond donors (Lipinski definition) is 2. The molecule has 1 saturated carbocycles. The Bertz CT molecular complexity index is 177. The van der Waals surface area contributed by atoms with Gasteiger partial charge in [0.15, 0.2) is 6.10 Å². The highest BCUT2D eigenvalue weighted by Gasteiger charge is 2.51. The molecule has 12 heavy (non-hydrogen) atoms. The molecule has 1 atom stereocenters. The lowest BCUT2D eigenvalue weighted by molar-refractivity contribution is -0.150. The topological polar surface area (TPSA) is 57.5 Å². The van der Waals surface area contributed by atoms with Gasteiger partial charge in [-0.1, -0.05) is 0 Å². The Morgan fingerprint density at radius 3 is 2.58 bits per heavy atom. The van der Waals surface area contributed by atoms with E-state index in [4.69, 9.17) is 5.11 Å². The molecule has 0 heterocycles. The minimum absolute atomic E-state index is 0.283. The van der Waals surface area contributed by atoms with Gasteiger partial charge in [0, 0.05) is 5.41 Å². The minimum atomic E-state index is -1.15. The monoisotopic (exact) mass is 190 g/mol. The Morgan fingerprint density at radius 2 is 2.25 bits per heavy atom. The van der Waals surface area contributed by atoms with Crippen molar-refractivity contribution in [2.75, 3.05) is 12.0 Å². The molecule has 0 aliphatic heterocycles. The Kier molecular flexibility index (Phi) is 3.01. The molecule has 0 amide bonds. The van der Waals surface area contributed by atoms with Crippen LogP contribution in [0, 0.1) is 5.41 Å². The molecule has 3 nitrogen and oxygen atoms in total. The zero-order valence-corrected chi connectivity index (χ0v) is 7.93. The molecule has 1 aliphatic carbocycles. The molecule has 4 heteroatoms. The Balaban J connectivity index is 2.42. The number of rotatable bonds is 5. The molecule has 0 saturated heterocycles. The molecule has 1 fully saturated rings. The maximum Gasteiger partial charge on any atom is 0.333 e. The van der Waals surface area contributed by atoms with Gasteiger partial charge in [0.1, 0.15) is 0 Å². The fourth-order valence-corrected chi connectivity index (χ4v) is 2.00. The highest BCUT2D eigenvalue weighted by atomic mass is 32.2. The molecule has 0 bridgehead atoms. The molecule has 2 N–H and O–H groups in total. The molecule has 0 aromatic rings. The third-order valence-corrected chi connectivity index (χ3v) is 3.12. The molecule has 0 spiro atoms. The van der Waals surface area contributed by atoms with E-state index in [1.165, 1.54) is 0 Å². The van der Waals surface area contributed by atoms with Gasteiger partial charge in [-0.2, -0.15) is 11.8 Å². The molecule has 1 unspecified atom stereocenters. The Labute approximate surface area is 76.2 Å². The summed E-state index contributed by atoms with van der Waals surface area (Å²) in [6, 6.07) is 0. The van der Waals surface area contributed by atoms with Crippen molar-refractivity contribution in [3.8, 4) is 0 Å². The zero-order chi connectivity index (χ0) is 9.19. The standard InChI is InChI=1S/C8H14O3S/c1-12-5-4-8(2-3-8)6(9)7(10)11/h6,9H,2-5H2,1H3,(H,10,11). The summed E-state index contributed by atoms with van der Waals surface area (Å²) in [7, 11) is 0. The van der Waals surface area contributed by atoms with E-state index in [-0.39, 0.29) is 5.41 Å². The lowest BCUT2D eigenvalue weighted by Gasteiger charge is -2.17. The van der Waals surface area contributed by atoms with Crippen LogP contribution in [0.2, 0.25) is 0 Å². The second-order valence-corrected chi connectivity index (χ2v) is 4.33. The van der Waals surface area contributed by atoms with Gasteiger partial charge in [-0.3, -0.25) is 0 Å². The highest BCUT2D eigenvalue weighted by molar-refractivity contribution is 7.98. The summed E-state index contributed by atoms with van der Waals surface area (Å²) in [5, 5.41) is 17.9. The summed E-state index contributed by atoms with van der Waals surface area (Å²) in [6.07, 6.45) is 3.39. The smallest absolute Gasteiger partial charge is 0.333 e. The number of aliphatic hydroxyl groups excluding tert-OH is 1. The van der Waals surface area contributed by atoms with E-state index in [1.54, 1.807) is 11.8 Å². The molecular formula is C8H14O3S. The summed E-state index contributed by atoms with van der Waals surface area (Å²) >= 11 is 1.69. The third-order valence-electron chi connectivity index (χ3n) is 2.51. The molecule has 1 aliphatic rings. The fourth-order valence-electron chi connectivity index (χ4n) is 1.39. The first kappa shape index (κ1) is 9.86. The maximum atomic E-state index is 10.5. The van der Waals surface area contributed by atoms with Gasteiger partial charge in [0.05, 0.1) is 0 Å². The summed E-state index contributed by atoms with van der Waals surface area (Å²) in [5.41, 5.74) is -0.283. The van der Waals surface area contributed by atoms with Crippen LogP contribution in [0.4, 0.5) is 0 Å². The number of carboxylic acid groups (broad SMARTS) is 1. The molecule has 0 radical (unpaired) electrons. The second kappa shape index (κ2) is 3.66. The number of carbonyl (C=O) groups is 1. The zero-order valence-electron chi connectivity index (χ0n) is 7.12. The lowest BCUT2D eigenvalue weighted by Crippen LogP contribution is -2.31. The third kappa shape index (κ3) is 1.93. The van der Waals surface area contributed by atoms with Gasteiger partial charge in [0.25, 0.3) is 0 Å². The predicted octanol–water partition coefficient (Wildman–Crippen LogP) is 0.965. The first-order valence-corrected chi connectivity index (χ1v) is 5.41. The van der Waals surface area contributed by atoms with Crippen LogP contribution in [0.3, 0.4) is 0 Å². The number of hydrogen-bond acceptors (Lipinski definition) is 3. The first-order valence-electron chi connectivity index (χ1n) is 4.02. The van der Waals surface area contributed by atoms with E-state index in [0.29, 0.717) is 0 Å². The van der Waals surface area contributed by atoms with Crippen LogP contribution in [0.1, 0.15) is 19.3 Å². The highest BCUT2D eigenvalue weighted by Crippen LogP contribution is 2.52. The average Bonchev–Trinajstić information content (AvgIpc) is 2.80. The maximum absolute atomic E-state index is 10.5. The number of aliphatic hydroxyl groups is 1. The van der Waals surface area contributed by atoms with E-state index in [2.05, 4.69) is 0 Å². The van der Waals surface area contributed by atoms with Crippen LogP contribution in [0.25, 0.3) is 0 Å². The SMILES string of the molecule is CSCCC1(C(O)C(=O)O)CC1. The van der Waals surface area contributed by atoms with Gasteiger partial charge < -0.3 is 10.2 Å². The van der Waals surface area contributed by atoms with Crippen LogP contribution in [-0.4, -0.2) is 34.3 Å². The van der Waals surface area contributed by atoms with Crippen molar-refractivity contribution < 1.29 is 15.0 Å². The lowest BCUT2D eigenvalue weighted by atomic mass is 9.96. The number of carboxylic acids is 1. The summed E-state index contributed by atoms with van der Waals surface area (Å²) < 4.78 is 0. The Morgan fingerprint density at radius 1 is 1.67 bits per heavy atom. The van der Waals surface area contributed by atoms with Crippen molar-refractivity contribution >= 4 is 17.7 Å². The quantitative estimate of drug-likeness (QED) is 0.678. The molecule has 0 aromatic carbocycles. The van der Waals surface area contributed by atoms with Crippen LogP contribution < -0.4 is 0 Å². The van der Waals surface area contributed by atoms with Crippen LogP contribution in [0.15, 0.2) is 0 Å². The van der Waals surface area contributed by atoms with Gasteiger partial charge in [0.2, 0.25) is 0 Å². The number of thioether (sulfide) groups is 1. The van der Waals surface area contributed by atoms with Crippen LogP contribution in [0.5, 0.6) is 0 Å². The van der Waals surface area contributed by atoms with Crippen molar-refractivity contribution in [2.45, 2.75) is 25.4 Å². The van der Waals surface area contributed by atoms with Crippen molar-refractivity contribution in [3.63, 3.8) is 0 Å². The normalized spacial score (nSPS) is 21.8. The second-order valence-electron chi connectivity index (χ2n) is 3.35. The van der Waals surface area contributed by atoms with E-state index < -0.39 is 12.1 Å². The van der Waals surface area contributed by atoms with Gasteiger partial charge in [-0.15, -0.1) is 0 Å². The largest absolute Gasteiger partial charge is 0.479 e. The molecule has 0 aromatic heterocycles. The molecular weight excluding hydrogens is 176 g/mol. The number of aliphatic carboxylic acids is 1. The van der Waals surface area contributed by atoms with Crippen molar-refractivity contribution in [1.29, 1.82) is 0 Å². The van der Waals surface area contributed by atoms with Crippen LogP contribution in [-0.2, 0) is 4.79 Å². The first-order chi connectivity index (χ1) is 5.62. The van der Waals surface area contributed by atoms with Crippen molar-refractivity contribution in [2.24, 2.45) is 5.41 Å². The van der Waals surface area contributed by atoms with Crippen molar-refractivity contribution in [3.05, 3.63) is 0 Å². The molecule has 1 rings (SSSR count). The van der Waals surface area contributed by atoms with Gasteiger partial charge in [-0.25, -0.2) is 4.79 Å². The fraction of sp³-hybridized carbons (Fsp3) is 0.875. The molecule has 70 valence electrons. The summed E-state index contributed by atoms with van der Waals surface area (Å²) in [4.78, 5) is 10.5. The van der Waals surface area contributed by atoms with E-state index in [0.717, 1.165) is 25.0 Å². The average molecular weight is 190 g/mol. The van der Waals surface area contributed by atoms with Gasteiger partial charge in [-0.05, 0) is 31.3 Å². The van der Waals surface area contributed by atoms with Gasteiger partial charge >= 0.3 is 5.97 Å². The van der Waals surface area contributed by atoms with E-state index >= 15 is 0 Å². The van der Waals surface area contributed by atoms with E-state index in [1.807, 2.05) is 6.26 Å². The summed E-state index contributed by atoms with van der Waals surface area (Å²) in [6.45, 7) is 0.